The highest BCUT2D eigenvalue weighted by molar-refractivity contribution is 7.88. The monoisotopic (exact) mass is 493 g/mol. The summed E-state index contributed by atoms with van der Waals surface area (Å²) >= 11 is 0. The average Bonchev–Trinajstić information content (AvgIpc) is 3.14. The number of nitrogens with zero attached hydrogens (tertiary/aromatic N) is 3. The van der Waals surface area contributed by atoms with E-state index in [0.29, 0.717) is 36.2 Å². The number of halogens is 3. The minimum absolute atomic E-state index is 0.0593. The molecule has 34 heavy (non-hydrogen) atoms. The van der Waals surface area contributed by atoms with Gasteiger partial charge in [0, 0.05) is 10.8 Å². The van der Waals surface area contributed by atoms with Crippen molar-refractivity contribution < 1.29 is 35.2 Å². The third-order valence-electron chi connectivity index (χ3n) is 5.36. The van der Waals surface area contributed by atoms with E-state index >= 15 is 0 Å². The van der Waals surface area contributed by atoms with Crippen molar-refractivity contribution in [1.82, 2.24) is 14.5 Å². The molecule has 0 amide bonds. The molecule has 1 aliphatic heterocycles. The van der Waals surface area contributed by atoms with Gasteiger partial charge in [0.2, 0.25) is 0 Å². The molecule has 178 valence electrons. The summed E-state index contributed by atoms with van der Waals surface area (Å²) < 4.78 is 79.2. The van der Waals surface area contributed by atoms with Crippen LogP contribution in [0.15, 0.2) is 54.6 Å². The van der Waals surface area contributed by atoms with Crippen molar-refractivity contribution in [2.24, 2.45) is 5.41 Å². The molecule has 1 aliphatic rings. The molecule has 0 N–H and O–H groups in total. The van der Waals surface area contributed by atoms with Gasteiger partial charge in [-0.3, -0.25) is 0 Å². The number of aromatic nitrogens is 3. The quantitative estimate of drug-likeness (QED) is 0.293. The van der Waals surface area contributed by atoms with Gasteiger partial charge >= 0.3 is 21.6 Å². The van der Waals surface area contributed by atoms with Crippen LogP contribution in [0, 0.1) is 5.41 Å². The molecule has 12 heteroatoms. The number of rotatable bonds is 6. The number of fused-ring (bicyclic) bond motifs is 2. The average molecular weight is 493 g/mol. The SMILES string of the molecule is CC1(COc2nc3ccccc3n2-c2ccc3cccc(OS(=O)(=O)C(F)(F)F)c3n2)COC1. The fourth-order valence-corrected chi connectivity index (χ4v) is 4.03. The van der Waals surface area contributed by atoms with E-state index in [1.165, 1.54) is 6.07 Å². The third kappa shape index (κ3) is 3.92. The van der Waals surface area contributed by atoms with Gasteiger partial charge in [-0.15, -0.1) is 0 Å². The predicted molar refractivity (Wildman–Crippen MR) is 116 cm³/mol. The van der Waals surface area contributed by atoms with Crippen molar-refractivity contribution in [3.63, 3.8) is 0 Å². The number of benzene rings is 2. The Kier molecular flexibility index (Phi) is 5.17. The van der Waals surface area contributed by atoms with E-state index in [4.69, 9.17) is 9.47 Å². The Morgan fingerprint density at radius 2 is 1.82 bits per heavy atom. The molecule has 1 saturated heterocycles. The Labute approximate surface area is 192 Å². The topological polar surface area (TPSA) is 92.5 Å². The molecule has 0 spiro atoms. The van der Waals surface area contributed by atoms with Crippen molar-refractivity contribution >= 4 is 32.1 Å². The van der Waals surface area contributed by atoms with Crippen LogP contribution in [0.4, 0.5) is 13.2 Å². The fourth-order valence-electron chi connectivity index (χ4n) is 3.56. The molecule has 0 saturated carbocycles. The zero-order chi connectivity index (χ0) is 24.1. The Balaban J connectivity index is 1.62. The normalized spacial score (nSPS) is 15.9. The highest BCUT2D eigenvalue weighted by Gasteiger charge is 2.48. The van der Waals surface area contributed by atoms with E-state index in [9.17, 15) is 21.6 Å². The van der Waals surface area contributed by atoms with E-state index in [2.05, 4.69) is 14.2 Å². The van der Waals surface area contributed by atoms with Gasteiger partial charge < -0.3 is 13.7 Å². The number of alkyl halides is 3. The van der Waals surface area contributed by atoms with E-state index in [1.807, 2.05) is 13.0 Å². The number of imidazole rings is 1. The van der Waals surface area contributed by atoms with Crippen molar-refractivity contribution in [1.29, 1.82) is 0 Å². The number of pyridine rings is 1. The van der Waals surface area contributed by atoms with Gasteiger partial charge in [-0.2, -0.15) is 26.6 Å². The summed E-state index contributed by atoms with van der Waals surface area (Å²) in [5.41, 5.74) is -4.52. The van der Waals surface area contributed by atoms with Crippen LogP contribution in [-0.4, -0.2) is 48.3 Å². The molecule has 3 heterocycles. The smallest absolute Gasteiger partial charge is 0.464 e. The number of hydrogen-bond donors (Lipinski definition) is 0. The van der Waals surface area contributed by atoms with Gasteiger partial charge in [-0.25, -0.2) is 9.55 Å². The van der Waals surface area contributed by atoms with Crippen LogP contribution in [0.2, 0.25) is 0 Å². The van der Waals surface area contributed by atoms with E-state index in [0.717, 1.165) is 6.07 Å². The van der Waals surface area contributed by atoms with Gasteiger partial charge in [0.05, 0.1) is 24.2 Å². The predicted octanol–water partition coefficient (Wildman–Crippen LogP) is 4.22. The molecule has 1 fully saturated rings. The number of ether oxygens (including phenoxy) is 2. The maximum Gasteiger partial charge on any atom is 0.534 e. The summed E-state index contributed by atoms with van der Waals surface area (Å²) in [6.45, 7) is 3.45. The molecule has 4 aromatic rings. The molecule has 8 nitrogen and oxygen atoms in total. The van der Waals surface area contributed by atoms with Gasteiger partial charge in [0.25, 0.3) is 0 Å². The van der Waals surface area contributed by atoms with Crippen LogP contribution in [0.1, 0.15) is 6.92 Å². The summed E-state index contributed by atoms with van der Waals surface area (Å²) in [6.07, 6.45) is 0. The van der Waals surface area contributed by atoms with Gasteiger partial charge in [-0.1, -0.05) is 31.2 Å². The van der Waals surface area contributed by atoms with E-state index in [-0.39, 0.29) is 22.8 Å². The van der Waals surface area contributed by atoms with Gasteiger partial charge in [-0.05, 0) is 30.3 Å². The Bertz CT molecular complexity index is 1500. The summed E-state index contributed by atoms with van der Waals surface area (Å²) in [4.78, 5) is 8.96. The molecule has 0 atom stereocenters. The molecule has 2 aromatic carbocycles. The standard InChI is InChI=1S/C22H18F3N3O5S/c1-21(11-31-12-21)13-32-20-26-15-6-2-3-7-16(15)28(20)18-10-9-14-5-4-8-17(19(14)27-18)33-34(29,30)22(23,24)25/h2-10H,11-13H2,1H3. The molecule has 0 unspecified atom stereocenters. The lowest BCUT2D eigenvalue weighted by atomic mass is 9.90. The molecule has 0 aliphatic carbocycles. The Morgan fingerprint density at radius 3 is 2.53 bits per heavy atom. The van der Waals surface area contributed by atoms with Crippen molar-refractivity contribution in [2.45, 2.75) is 12.4 Å². The van der Waals surface area contributed by atoms with E-state index in [1.54, 1.807) is 41.0 Å². The third-order valence-corrected chi connectivity index (χ3v) is 6.33. The molecular formula is C22H18F3N3O5S. The fraction of sp³-hybridized carbons (Fsp3) is 0.273. The summed E-state index contributed by atoms with van der Waals surface area (Å²) in [5.74, 6) is -0.269. The Hall–Kier alpha value is -3.38. The lowest BCUT2D eigenvalue weighted by Gasteiger charge is -2.37. The first-order valence-electron chi connectivity index (χ1n) is 10.2. The van der Waals surface area contributed by atoms with Crippen LogP contribution < -0.4 is 8.92 Å². The minimum Gasteiger partial charge on any atom is -0.464 e. The lowest BCUT2D eigenvalue weighted by Crippen LogP contribution is -2.44. The highest BCUT2D eigenvalue weighted by Crippen LogP contribution is 2.34. The largest absolute Gasteiger partial charge is 0.534 e. The molecule has 0 radical (unpaired) electrons. The first-order chi connectivity index (χ1) is 16.1. The van der Waals surface area contributed by atoms with Crippen LogP contribution in [0.3, 0.4) is 0 Å². The van der Waals surface area contributed by atoms with Crippen LogP contribution in [0.25, 0.3) is 27.8 Å². The Morgan fingerprint density at radius 1 is 1.06 bits per heavy atom. The summed E-state index contributed by atoms with van der Waals surface area (Å²) in [5, 5.41) is 0.393. The summed E-state index contributed by atoms with van der Waals surface area (Å²) in [6, 6.07) is 14.8. The number of hydrogen-bond acceptors (Lipinski definition) is 7. The zero-order valence-electron chi connectivity index (χ0n) is 17.7. The molecule has 5 rings (SSSR count). The van der Waals surface area contributed by atoms with Crippen molar-refractivity contribution in [2.75, 3.05) is 19.8 Å². The van der Waals surface area contributed by atoms with Crippen LogP contribution >= 0.6 is 0 Å². The van der Waals surface area contributed by atoms with Crippen molar-refractivity contribution in [3.05, 3.63) is 54.6 Å². The first kappa shape index (κ1) is 22.4. The minimum atomic E-state index is -5.87. The van der Waals surface area contributed by atoms with Gasteiger partial charge in [0.1, 0.15) is 17.9 Å². The molecular weight excluding hydrogens is 475 g/mol. The van der Waals surface area contributed by atoms with Crippen LogP contribution in [0.5, 0.6) is 11.8 Å². The zero-order valence-corrected chi connectivity index (χ0v) is 18.6. The van der Waals surface area contributed by atoms with E-state index < -0.39 is 21.4 Å². The lowest BCUT2D eigenvalue weighted by molar-refractivity contribution is -0.121. The molecule has 2 aromatic heterocycles. The summed E-state index contributed by atoms with van der Waals surface area (Å²) in [7, 11) is -5.87. The second-order valence-electron chi connectivity index (χ2n) is 8.29. The number of para-hydroxylation sites is 3. The molecule has 0 bridgehead atoms. The van der Waals surface area contributed by atoms with Gasteiger partial charge in [0.15, 0.2) is 5.75 Å². The second-order valence-corrected chi connectivity index (χ2v) is 9.83. The van der Waals surface area contributed by atoms with Crippen molar-refractivity contribution in [3.8, 4) is 17.6 Å². The van der Waals surface area contributed by atoms with Crippen LogP contribution in [-0.2, 0) is 14.9 Å². The highest BCUT2D eigenvalue weighted by atomic mass is 32.2. The maximum absolute atomic E-state index is 12.9. The second kappa shape index (κ2) is 7.84. The first-order valence-corrected chi connectivity index (χ1v) is 11.6. The maximum atomic E-state index is 12.9.